The minimum Gasteiger partial charge on any atom is -0.478 e. The number of carboxylic acid groups (broad SMARTS) is 1. The Kier molecular flexibility index (Phi) is 3.30. The summed E-state index contributed by atoms with van der Waals surface area (Å²) >= 11 is 0. The monoisotopic (exact) mass is 271 g/mol. The number of hydrogen-bond acceptors (Lipinski definition) is 6. The quantitative estimate of drug-likeness (QED) is 0.308. The third-order valence-electron chi connectivity index (χ3n) is 2.44. The summed E-state index contributed by atoms with van der Waals surface area (Å²) in [4.78, 5) is 11.1. The van der Waals surface area contributed by atoms with Crippen molar-refractivity contribution in [1.29, 1.82) is 10.7 Å². The van der Waals surface area contributed by atoms with Crippen molar-refractivity contribution in [1.82, 2.24) is 10.2 Å². The van der Waals surface area contributed by atoms with Gasteiger partial charge in [-0.2, -0.15) is 15.5 Å². The molecule has 9 nitrogen and oxygen atoms in total. The van der Waals surface area contributed by atoms with Crippen molar-refractivity contribution in [3.63, 3.8) is 0 Å². The van der Waals surface area contributed by atoms with E-state index < -0.39 is 11.8 Å². The molecule has 2 aromatic rings. The molecular formula is C11H9N7O2. The molecule has 1 heterocycles. The highest BCUT2D eigenvalue weighted by Crippen LogP contribution is 2.22. The van der Waals surface area contributed by atoms with E-state index in [2.05, 4.69) is 20.7 Å². The first-order chi connectivity index (χ1) is 9.52. The number of hydrazone groups is 1. The number of nitrogens with zero attached hydrogens (tertiary/aromatic N) is 3. The summed E-state index contributed by atoms with van der Waals surface area (Å²) in [6.45, 7) is 0. The van der Waals surface area contributed by atoms with Gasteiger partial charge >= 0.3 is 5.97 Å². The molecule has 0 aliphatic heterocycles. The molecule has 0 spiro atoms. The SMILES string of the molecule is N#C/C(=N\Nc1cc(C(=O)O)c2[nH]ncc2c1)C(=N)N. The number of nitrogens with two attached hydrogens (primary N) is 1. The highest BCUT2D eigenvalue weighted by atomic mass is 16.4. The predicted molar refractivity (Wildman–Crippen MR) is 71.6 cm³/mol. The number of carbonyl (C=O) groups is 1. The Morgan fingerprint density at radius 1 is 1.60 bits per heavy atom. The number of fused-ring (bicyclic) bond motifs is 1. The lowest BCUT2D eigenvalue weighted by Crippen LogP contribution is -2.21. The fourth-order valence-electron chi connectivity index (χ4n) is 1.56. The van der Waals surface area contributed by atoms with Crippen LogP contribution in [0.5, 0.6) is 0 Å². The number of amidine groups is 1. The zero-order valence-electron chi connectivity index (χ0n) is 10.0. The van der Waals surface area contributed by atoms with Crippen LogP contribution in [0.15, 0.2) is 23.4 Å². The maximum Gasteiger partial charge on any atom is 0.337 e. The first kappa shape index (κ1) is 13.0. The summed E-state index contributed by atoms with van der Waals surface area (Å²) in [5.41, 5.74) is 8.08. The number of H-pyrrole nitrogens is 1. The van der Waals surface area contributed by atoms with Crippen LogP contribution in [0.2, 0.25) is 0 Å². The largest absolute Gasteiger partial charge is 0.478 e. The lowest BCUT2D eigenvalue weighted by molar-refractivity contribution is 0.0699. The molecule has 0 radical (unpaired) electrons. The van der Waals surface area contributed by atoms with Gasteiger partial charge in [-0.15, -0.1) is 0 Å². The van der Waals surface area contributed by atoms with E-state index in [-0.39, 0.29) is 11.3 Å². The van der Waals surface area contributed by atoms with Crippen LogP contribution in [0.3, 0.4) is 0 Å². The molecule has 0 aliphatic rings. The van der Waals surface area contributed by atoms with Gasteiger partial charge in [0.15, 0.2) is 5.84 Å². The molecular weight excluding hydrogens is 262 g/mol. The van der Waals surface area contributed by atoms with Crippen LogP contribution in [0.1, 0.15) is 10.4 Å². The molecule has 20 heavy (non-hydrogen) atoms. The number of hydrogen-bond donors (Lipinski definition) is 5. The van der Waals surface area contributed by atoms with Crippen molar-refractivity contribution >= 4 is 34.1 Å². The van der Waals surface area contributed by atoms with Crippen LogP contribution in [0.25, 0.3) is 10.9 Å². The predicted octanol–water partition coefficient (Wildman–Crippen LogP) is 0.489. The molecule has 0 bridgehead atoms. The standard InChI is InChI=1S/C11H9N7O2/c12-3-8(10(13)14)17-16-6-1-5-4-15-18-9(5)7(2-6)11(19)20/h1-2,4,16H,(H3,13,14)(H,15,18)(H,19,20)/b17-8+. The summed E-state index contributed by atoms with van der Waals surface area (Å²) in [7, 11) is 0. The molecule has 1 aromatic carbocycles. The number of rotatable bonds is 4. The second-order valence-electron chi connectivity index (χ2n) is 3.76. The van der Waals surface area contributed by atoms with Gasteiger partial charge in [-0.3, -0.25) is 15.9 Å². The molecule has 0 amide bonds. The summed E-state index contributed by atoms with van der Waals surface area (Å²) < 4.78 is 0. The molecule has 6 N–H and O–H groups in total. The Labute approximate surface area is 112 Å². The lowest BCUT2D eigenvalue weighted by atomic mass is 10.1. The van der Waals surface area contributed by atoms with E-state index in [0.717, 1.165) is 0 Å². The molecule has 0 saturated heterocycles. The van der Waals surface area contributed by atoms with Gasteiger partial charge in [0.05, 0.1) is 23.0 Å². The van der Waals surface area contributed by atoms with Gasteiger partial charge < -0.3 is 10.8 Å². The molecule has 0 atom stereocenters. The number of nitriles is 1. The van der Waals surface area contributed by atoms with Crippen molar-refractivity contribution in [2.45, 2.75) is 0 Å². The van der Waals surface area contributed by atoms with E-state index in [1.165, 1.54) is 12.3 Å². The van der Waals surface area contributed by atoms with Crippen LogP contribution in [0, 0.1) is 16.7 Å². The van der Waals surface area contributed by atoms with E-state index in [1.54, 1.807) is 12.1 Å². The maximum absolute atomic E-state index is 11.1. The molecule has 0 aliphatic carbocycles. The number of benzene rings is 1. The fraction of sp³-hybridized carbons (Fsp3) is 0. The van der Waals surface area contributed by atoms with E-state index in [4.69, 9.17) is 21.5 Å². The van der Waals surface area contributed by atoms with Gasteiger partial charge in [0.1, 0.15) is 6.07 Å². The van der Waals surface area contributed by atoms with Gasteiger partial charge in [-0.1, -0.05) is 0 Å². The minimum atomic E-state index is -1.13. The maximum atomic E-state index is 11.1. The number of aromatic carboxylic acids is 1. The Bertz CT molecular complexity index is 769. The molecule has 2 rings (SSSR count). The average Bonchev–Trinajstić information content (AvgIpc) is 2.85. The van der Waals surface area contributed by atoms with Crippen LogP contribution < -0.4 is 11.2 Å². The van der Waals surface area contributed by atoms with Crippen LogP contribution in [-0.4, -0.2) is 32.8 Å². The van der Waals surface area contributed by atoms with Crippen LogP contribution in [-0.2, 0) is 0 Å². The van der Waals surface area contributed by atoms with Crippen molar-refractivity contribution in [3.8, 4) is 6.07 Å². The van der Waals surface area contributed by atoms with E-state index in [0.29, 0.717) is 16.6 Å². The van der Waals surface area contributed by atoms with Crippen molar-refractivity contribution in [3.05, 3.63) is 23.9 Å². The van der Waals surface area contributed by atoms with Gasteiger partial charge in [-0.05, 0) is 12.1 Å². The third-order valence-corrected chi connectivity index (χ3v) is 2.44. The summed E-state index contributed by atoms with van der Waals surface area (Å²) in [5, 5.41) is 35.5. The first-order valence-corrected chi connectivity index (χ1v) is 5.31. The number of aromatic nitrogens is 2. The molecule has 9 heteroatoms. The molecule has 100 valence electrons. The van der Waals surface area contributed by atoms with Crippen molar-refractivity contribution in [2.24, 2.45) is 10.8 Å². The fourth-order valence-corrected chi connectivity index (χ4v) is 1.56. The number of anilines is 1. The minimum absolute atomic E-state index is 0.0130. The normalized spacial score (nSPS) is 11.1. The summed E-state index contributed by atoms with van der Waals surface area (Å²) in [6, 6.07) is 4.58. The topological polar surface area (TPSA) is 164 Å². The Morgan fingerprint density at radius 2 is 2.35 bits per heavy atom. The van der Waals surface area contributed by atoms with Crippen molar-refractivity contribution in [2.75, 3.05) is 5.43 Å². The molecule has 0 saturated carbocycles. The van der Waals surface area contributed by atoms with Gasteiger partial charge in [0.2, 0.25) is 5.71 Å². The third kappa shape index (κ3) is 2.39. The smallest absolute Gasteiger partial charge is 0.337 e. The Morgan fingerprint density at radius 3 is 2.95 bits per heavy atom. The highest BCUT2D eigenvalue weighted by Gasteiger charge is 2.12. The summed E-state index contributed by atoms with van der Waals surface area (Å²) in [5.74, 6) is -1.61. The van der Waals surface area contributed by atoms with E-state index in [9.17, 15) is 4.79 Å². The molecule has 0 fully saturated rings. The molecule has 0 unspecified atom stereocenters. The number of aromatic amines is 1. The zero-order valence-corrected chi connectivity index (χ0v) is 10.0. The number of carboxylic acids is 1. The van der Waals surface area contributed by atoms with Crippen molar-refractivity contribution < 1.29 is 9.90 Å². The summed E-state index contributed by atoms with van der Waals surface area (Å²) in [6.07, 6.45) is 1.47. The molecule has 1 aromatic heterocycles. The van der Waals surface area contributed by atoms with E-state index in [1.807, 2.05) is 0 Å². The second-order valence-corrected chi connectivity index (χ2v) is 3.76. The van der Waals surface area contributed by atoms with E-state index >= 15 is 0 Å². The number of nitrogens with one attached hydrogen (secondary N) is 3. The first-order valence-electron chi connectivity index (χ1n) is 5.31. The lowest BCUT2D eigenvalue weighted by Gasteiger charge is -2.04. The average molecular weight is 271 g/mol. The van der Waals surface area contributed by atoms with Gasteiger partial charge in [0, 0.05) is 5.39 Å². The highest BCUT2D eigenvalue weighted by molar-refractivity contribution is 6.45. The van der Waals surface area contributed by atoms with Crippen LogP contribution in [0.4, 0.5) is 5.69 Å². The van der Waals surface area contributed by atoms with Crippen LogP contribution >= 0.6 is 0 Å². The van der Waals surface area contributed by atoms with Gasteiger partial charge in [0.25, 0.3) is 0 Å². The second kappa shape index (κ2) is 5.07. The zero-order chi connectivity index (χ0) is 14.7. The Hall–Kier alpha value is -3.41. The Balaban J connectivity index is 2.43. The van der Waals surface area contributed by atoms with Gasteiger partial charge in [-0.25, -0.2) is 4.79 Å².